The Hall–Kier alpha value is -2.23. The molecule has 0 atom stereocenters. The van der Waals surface area contributed by atoms with Crippen molar-refractivity contribution in [2.45, 2.75) is 27.7 Å². The molecule has 0 spiro atoms. The van der Waals surface area contributed by atoms with Crippen LogP contribution in [0.25, 0.3) is 11.3 Å². The van der Waals surface area contributed by atoms with Gasteiger partial charge in [0.05, 0.1) is 5.69 Å². The van der Waals surface area contributed by atoms with Crippen molar-refractivity contribution in [2.75, 3.05) is 18.0 Å². The second-order valence-corrected chi connectivity index (χ2v) is 4.98. The molecular formula is C17H21N3O. The highest BCUT2D eigenvalue weighted by atomic mass is 16.1. The Labute approximate surface area is 125 Å². The van der Waals surface area contributed by atoms with Crippen LogP contribution in [0.3, 0.4) is 0 Å². The average molecular weight is 283 g/mol. The molecule has 21 heavy (non-hydrogen) atoms. The van der Waals surface area contributed by atoms with Gasteiger partial charge in [0.1, 0.15) is 5.69 Å². The van der Waals surface area contributed by atoms with Crippen LogP contribution in [0.5, 0.6) is 0 Å². The van der Waals surface area contributed by atoms with E-state index in [0.29, 0.717) is 11.6 Å². The lowest BCUT2D eigenvalue weighted by Crippen LogP contribution is -2.25. The molecule has 0 aliphatic carbocycles. The van der Waals surface area contributed by atoms with Crippen molar-refractivity contribution in [2.24, 2.45) is 0 Å². The van der Waals surface area contributed by atoms with Crippen molar-refractivity contribution >= 4 is 11.7 Å². The van der Waals surface area contributed by atoms with Gasteiger partial charge in [0.25, 0.3) is 0 Å². The molecule has 0 fully saturated rings. The molecule has 0 radical (unpaired) electrons. The van der Waals surface area contributed by atoms with Crippen LogP contribution in [-0.2, 0) is 0 Å². The van der Waals surface area contributed by atoms with Crippen LogP contribution in [0.2, 0.25) is 0 Å². The zero-order valence-electron chi connectivity index (χ0n) is 13.1. The Balaban J connectivity index is 2.61. The summed E-state index contributed by atoms with van der Waals surface area (Å²) in [5.41, 5.74) is 3.44. The summed E-state index contributed by atoms with van der Waals surface area (Å²) in [5.74, 6) is 0.576. The predicted molar refractivity (Wildman–Crippen MR) is 85.8 cm³/mol. The standard InChI is InChI=1S/C17H21N3O/c1-5-20(6-2)17-18-15(13(4)21)11-16(19-17)14-10-8-7-9-12(14)3/h7-11H,5-6H2,1-4H3. The van der Waals surface area contributed by atoms with Gasteiger partial charge in [-0.1, -0.05) is 24.3 Å². The van der Waals surface area contributed by atoms with Crippen LogP contribution >= 0.6 is 0 Å². The molecule has 0 aliphatic heterocycles. The fourth-order valence-electron chi connectivity index (χ4n) is 2.26. The molecule has 4 heteroatoms. The summed E-state index contributed by atoms with van der Waals surface area (Å²) < 4.78 is 0. The summed E-state index contributed by atoms with van der Waals surface area (Å²) in [7, 11) is 0. The summed E-state index contributed by atoms with van der Waals surface area (Å²) in [6.07, 6.45) is 0. The van der Waals surface area contributed by atoms with E-state index in [9.17, 15) is 4.79 Å². The highest BCUT2D eigenvalue weighted by Crippen LogP contribution is 2.24. The maximum atomic E-state index is 11.8. The maximum absolute atomic E-state index is 11.8. The number of carbonyl (C=O) groups is 1. The second kappa shape index (κ2) is 6.48. The van der Waals surface area contributed by atoms with Gasteiger partial charge in [0, 0.05) is 25.6 Å². The molecule has 0 N–H and O–H groups in total. The first-order chi connectivity index (χ1) is 10.1. The van der Waals surface area contributed by atoms with Crippen LogP contribution < -0.4 is 4.90 Å². The third kappa shape index (κ3) is 3.27. The monoisotopic (exact) mass is 283 g/mol. The number of aryl methyl sites for hydroxylation is 1. The number of anilines is 1. The smallest absolute Gasteiger partial charge is 0.226 e. The number of aromatic nitrogens is 2. The molecule has 0 bridgehead atoms. The van der Waals surface area contributed by atoms with Gasteiger partial charge in [0.2, 0.25) is 5.95 Å². The number of hydrogen-bond acceptors (Lipinski definition) is 4. The molecule has 110 valence electrons. The van der Waals surface area contributed by atoms with Crippen molar-refractivity contribution in [1.82, 2.24) is 9.97 Å². The molecule has 0 amide bonds. The quantitative estimate of drug-likeness (QED) is 0.788. The third-order valence-electron chi connectivity index (χ3n) is 3.54. The largest absolute Gasteiger partial charge is 0.341 e. The van der Waals surface area contributed by atoms with Gasteiger partial charge in [0.15, 0.2) is 5.78 Å². The van der Waals surface area contributed by atoms with Crippen molar-refractivity contribution < 1.29 is 4.79 Å². The Morgan fingerprint density at radius 1 is 1.14 bits per heavy atom. The molecular weight excluding hydrogens is 262 g/mol. The van der Waals surface area contributed by atoms with E-state index in [1.54, 1.807) is 6.07 Å². The number of hydrogen-bond donors (Lipinski definition) is 0. The van der Waals surface area contributed by atoms with Gasteiger partial charge in [-0.3, -0.25) is 4.79 Å². The number of benzene rings is 1. The molecule has 2 aromatic rings. The maximum Gasteiger partial charge on any atom is 0.226 e. The minimum Gasteiger partial charge on any atom is -0.341 e. The van der Waals surface area contributed by atoms with E-state index in [4.69, 9.17) is 0 Å². The first-order valence-electron chi connectivity index (χ1n) is 7.27. The summed E-state index contributed by atoms with van der Waals surface area (Å²) in [4.78, 5) is 22.9. The van der Waals surface area contributed by atoms with Gasteiger partial charge in [-0.2, -0.15) is 0 Å². The average Bonchev–Trinajstić information content (AvgIpc) is 2.48. The number of nitrogens with zero attached hydrogens (tertiary/aromatic N) is 3. The molecule has 0 saturated heterocycles. The Kier molecular flexibility index (Phi) is 4.68. The topological polar surface area (TPSA) is 46.1 Å². The zero-order chi connectivity index (χ0) is 15.4. The van der Waals surface area contributed by atoms with Crippen LogP contribution in [0, 0.1) is 6.92 Å². The van der Waals surface area contributed by atoms with Crippen LogP contribution in [0.15, 0.2) is 30.3 Å². The first-order valence-corrected chi connectivity index (χ1v) is 7.27. The second-order valence-electron chi connectivity index (χ2n) is 4.98. The van der Waals surface area contributed by atoms with Crippen LogP contribution in [0.1, 0.15) is 36.8 Å². The zero-order valence-corrected chi connectivity index (χ0v) is 13.1. The number of Topliss-reactive ketones (excluding diaryl/α,β-unsaturated/α-hetero) is 1. The number of carbonyl (C=O) groups excluding carboxylic acids is 1. The molecule has 1 aromatic carbocycles. The molecule has 1 aromatic heterocycles. The van der Waals surface area contributed by atoms with E-state index in [0.717, 1.165) is 29.9 Å². The molecule has 1 heterocycles. The van der Waals surface area contributed by atoms with Crippen LogP contribution in [0.4, 0.5) is 5.95 Å². The van der Waals surface area contributed by atoms with Crippen molar-refractivity contribution in [3.63, 3.8) is 0 Å². The summed E-state index contributed by atoms with van der Waals surface area (Å²) in [6.45, 7) is 9.32. The van der Waals surface area contributed by atoms with Gasteiger partial charge in [-0.15, -0.1) is 0 Å². The van der Waals surface area contributed by atoms with E-state index in [1.165, 1.54) is 6.92 Å². The molecule has 0 aliphatic rings. The minimum atomic E-state index is -0.0411. The SMILES string of the molecule is CCN(CC)c1nc(C(C)=O)cc(-c2ccccc2C)n1. The molecule has 4 nitrogen and oxygen atoms in total. The lowest BCUT2D eigenvalue weighted by molar-refractivity contribution is 0.101. The third-order valence-corrected chi connectivity index (χ3v) is 3.54. The van der Waals surface area contributed by atoms with Crippen molar-refractivity contribution in [1.29, 1.82) is 0 Å². The molecule has 2 rings (SSSR count). The van der Waals surface area contributed by atoms with Crippen molar-refractivity contribution in [3.05, 3.63) is 41.6 Å². The summed E-state index contributed by atoms with van der Waals surface area (Å²) in [5, 5.41) is 0. The van der Waals surface area contributed by atoms with Gasteiger partial charge < -0.3 is 4.90 Å². The van der Waals surface area contributed by atoms with Gasteiger partial charge >= 0.3 is 0 Å². The van der Waals surface area contributed by atoms with E-state index in [2.05, 4.69) is 23.8 Å². The van der Waals surface area contributed by atoms with Crippen LogP contribution in [-0.4, -0.2) is 28.8 Å². The Morgan fingerprint density at radius 3 is 2.38 bits per heavy atom. The normalized spacial score (nSPS) is 10.5. The Bertz CT molecular complexity index is 648. The lowest BCUT2D eigenvalue weighted by Gasteiger charge is -2.20. The fourth-order valence-corrected chi connectivity index (χ4v) is 2.26. The molecule has 0 unspecified atom stereocenters. The summed E-state index contributed by atoms with van der Waals surface area (Å²) >= 11 is 0. The number of rotatable bonds is 5. The van der Waals surface area contributed by atoms with E-state index < -0.39 is 0 Å². The van der Waals surface area contributed by atoms with E-state index in [-0.39, 0.29) is 5.78 Å². The Morgan fingerprint density at radius 2 is 1.81 bits per heavy atom. The van der Waals surface area contributed by atoms with Gasteiger partial charge in [-0.25, -0.2) is 9.97 Å². The first kappa shape index (κ1) is 15.2. The summed E-state index contributed by atoms with van der Waals surface area (Å²) in [6, 6.07) is 9.82. The highest BCUT2D eigenvalue weighted by molar-refractivity contribution is 5.93. The van der Waals surface area contributed by atoms with Gasteiger partial charge in [-0.05, 0) is 32.4 Å². The van der Waals surface area contributed by atoms with E-state index >= 15 is 0 Å². The highest BCUT2D eigenvalue weighted by Gasteiger charge is 2.14. The lowest BCUT2D eigenvalue weighted by atomic mass is 10.0. The fraction of sp³-hybridized carbons (Fsp3) is 0.353. The predicted octanol–water partition coefficient (Wildman–Crippen LogP) is 3.50. The minimum absolute atomic E-state index is 0.0411. The molecule has 0 saturated carbocycles. The van der Waals surface area contributed by atoms with Crippen molar-refractivity contribution in [3.8, 4) is 11.3 Å². The number of ketones is 1. The van der Waals surface area contributed by atoms with E-state index in [1.807, 2.05) is 36.1 Å².